The van der Waals surface area contributed by atoms with Crippen molar-refractivity contribution in [1.29, 1.82) is 0 Å². The van der Waals surface area contributed by atoms with Crippen LogP contribution in [-0.4, -0.2) is 4.57 Å². The molecule has 0 N–H and O–H groups in total. The minimum atomic E-state index is -0.0829. The SMILES string of the molecule is CC1(C)c2ccccc2-c2ccc(-c3cc(-c4ccc5c6ccccc6c6ccccc6c5c4)cc(-c4ccc5c6ccccc6n(-c6ccccc6)c5c4)c3)cc21. The van der Waals surface area contributed by atoms with Crippen LogP contribution in [0, 0.1) is 0 Å². The molecule has 0 spiro atoms. The molecule has 0 amide bonds. The average molecular weight is 738 g/mol. The van der Waals surface area contributed by atoms with E-state index in [1.807, 2.05) is 0 Å². The van der Waals surface area contributed by atoms with Crippen LogP contribution in [0.25, 0.3) is 104 Å². The first-order valence-electron chi connectivity index (χ1n) is 20.3. The summed E-state index contributed by atoms with van der Waals surface area (Å²) in [5.41, 5.74) is 16.2. The fourth-order valence-electron chi connectivity index (χ4n) is 10.1. The van der Waals surface area contributed by atoms with Crippen molar-refractivity contribution in [2.75, 3.05) is 0 Å². The van der Waals surface area contributed by atoms with Gasteiger partial charge in [0, 0.05) is 21.9 Å². The van der Waals surface area contributed by atoms with Crippen LogP contribution in [0.3, 0.4) is 0 Å². The Labute approximate surface area is 338 Å². The van der Waals surface area contributed by atoms with Gasteiger partial charge in [-0.05, 0) is 143 Å². The molecule has 0 bridgehead atoms. The van der Waals surface area contributed by atoms with Gasteiger partial charge in [-0.3, -0.25) is 0 Å². The van der Waals surface area contributed by atoms with Crippen LogP contribution in [0.1, 0.15) is 25.0 Å². The first kappa shape index (κ1) is 33.0. The molecule has 1 heterocycles. The summed E-state index contributed by atoms with van der Waals surface area (Å²) in [7, 11) is 0. The third kappa shape index (κ3) is 4.83. The molecule has 58 heavy (non-hydrogen) atoms. The van der Waals surface area contributed by atoms with Crippen molar-refractivity contribution in [1.82, 2.24) is 4.57 Å². The standard InChI is InChI=1S/C57H39N/c1-57(2)53-22-12-10-20-48(53)49-28-25-37(34-54(49)57)40-30-39(36-24-27-47-45-18-7-6-16-43(45)44-17-8-9-19-46(44)52(47)33-36)31-41(32-40)38-26-29-51-50-21-11-13-23-55(50)58(56(51)35-38)42-14-4-3-5-15-42/h3-35H,1-2H3. The molecule has 0 atom stereocenters. The molecule has 1 aliphatic carbocycles. The second-order valence-corrected chi connectivity index (χ2v) is 16.5. The topological polar surface area (TPSA) is 4.93 Å². The van der Waals surface area contributed by atoms with Crippen molar-refractivity contribution in [3.05, 3.63) is 211 Å². The van der Waals surface area contributed by atoms with Crippen molar-refractivity contribution in [3.8, 4) is 50.2 Å². The molecular weight excluding hydrogens is 699 g/mol. The van der Waals surface area contributed by atoms with E-state index >= 15 is 0 Å². The Hall–Kier alpha value is -7.22. The van der Waals surface area contributed by atoms with Gasteiger partial charge in [-0.1, -0.05) is 159 Å². The summed E-state index contributed by atoms with van der Waals surface area (Å²) < 4.78 is 2.41. The zero-order valence-electron chi connectivity index (χ0n) is 32.5. The van der Waals surface area contributed by atoms with Crippen molar-refractivity contribution >= 4 is 54.1 Å². The van der Waals surface area contributed by atoms with Gasteiger partial charge >= 0.3 is 0 Å². The van der Waals surface area contributed by atoms with Crippen molar-refractivity contribution < 1.29 is 0 Å². The molecule has 0 fully saturated rings. The van der Waals surface area contributed by atoms with Crippen LogP contribution in [0.5, 0.6) is 0 Å². The highest BCUT2D eigenvalue weighted by molar-refractivity contribution is 6.25. The lowest BCUT2D eigenvalue weighted by molar-refractivity contribution is 0.660. The molecule has 1 aliphatic rings. The largest absolute Gasteiger partial charge is 0.309 e. The molecule has 0 saturated carbocycles. The van der Waals surface area contributed by atoms with E-state index in [0.717, 1.165) is 5.69 Å². The number of aromatic nitrogens is 1. The van der Waals surface area contributed by atoms with Gasteiger partial charge in [-0.25, -0.2) is 0 Å². The second-order valence-electron chi connectivity index (χ2n) is 16.5. The Morgan fingerprint density at radius 1 is 0.293 bits per heavy atom. The predicted octanol–water partition coefficient (Wildman–Crippen LogP) is 15.6. The molecule has 10 aromatic carbocycles. The predicted molar refractivity (Wildman–Crippen MR) is 247 cm³/mol. The van der Waals surface area contributed by atoms with E-state index in [1.54, 1.807) is 0 Å². The molecule has 1 heteroatoms. The number of hydrogen-bond acceptors (Lipinski definition) is 0. The summed E-state index contributed by atoms with van der Waals surface area (Å²) in [6, 6.07) is 74.6. The van der Waals surface area contributed by atoms with Gasteiger partial charge in [0.2, 0.25) is 0 Å². The Morgan fingerprint density at radius 3 is 1.45 bits per heavy atom. The van der Waals surface area contributed by atoms with Gasteiger partial charge in [0.1, 0.15) is 0 Å². The Kier molecular flexibility index (Phi) is 7.04. The van der Waals surface area contributed by atoms with Crippen LogP contribution >= 0.6 is 0 Å². The van der Waals surface area contributed by atoms with Gasteiger partial charge in [0.05, 0.1) is 11.0 Å². The average Bonchev–Trinajstić information content (AvgIpc) is 3.74. The molecule has 1 aromatic heterocycles. The summed E-state index contributed by atoms with van der Waals surface area (Å²) in [6.07, 6.45) is 0. The smallest absolute Gasteiger partial charge is 0.0547 e. The molecule has 0 unspecified atom stereocenters. The summed E-state index contributed by atoms with van der Waals surface area (Å²) >= 11 is 0. The van der Waals surface area contributed by atoms with Crippen LogP contribution in [0.2, 0.25) is 0 Å². The second kappa shape index (κ2) is 12.4. The van der Waals surface area contributed by atoms with Crippen LogP contribution in [0.4, 0.5) is 0 Å². The Morgan fingerprint density at radius 2 is 0.759 bits per heavy atom. The van der Waals surface area contributed by atoms with Gasteiger partial charge < -0.3 is 4.57 Å². The zero-order chi connectivity index (χ0) is 38.5. The Balaban J connectivity index is 1.10. The Bertz CT molecular complexity index is 3440. The van der Waals surface area contributed by atoms with E-state index in [1.165, 1.54) is 110 Å². The van der Waals surface area contributed by atoms with E-state index in [9.17, 15) is 0 Å². The van der Waals surface area contributed by atoms with Gasteiger partial charge in [-0.2, -0.15) is 0 Å². The molecule has 1 nitrogen and oxygen atoms in total. The van der Waals surface area contributed by atoms with Crippen molar-refractivity contribution in [3.63, 3.8) is 0 Å². The summed E-state index contributed by atoms with van der Waals surface area (Å²) in [4.78, 5) is 0. The first-order valence-corrected chi connectivity index (χ1v) is 20.3. The highest BCUT2D eigenvalue weighted by atomic mass is 15.0. The first-order chi connectivity index (χ1) is 28.5. The molecule has 272 valence electrons. The number of hydrogen-bond donors (Lipinski definition) is 0. The van der Waals surface area contributed by atoms with Gasteiger partial charge in [0.15, 0.2) is 0 Å². The molecular formula is C57H39N. The maximum atomic E-state index is 2.45. The van der Waals surface area contributed by atoms with Gasteiger partial charge in [-0.15, -0.1) is 0 Å². The summed E-state index contributed by atoms with van der Waals surface area (Å²) in [5.74, 6) is 0. The number of fused-ring (bicyclic) bond motifs is 12. The normalized spacial score (nSPS) is 13.1. The van der Waals surface area contributed by atoms with Crippen molar-refractivity contribution in [2.24, 2.45) is 0 Å². The molecule has 0 aliphatic heterocycles. The highest BCUT2D eigenvalue weighted by Gasteiger charge is 2.35. The third-order valence-electron chi connectivity index (χ3n) is 12.9. The van der Waals surface area contributed by atoms with Crippen LogP contribution in [0.15, 0.2) is 200 Å². The third-order valence-corrected chi connectivity index (χ3v) is 12.9. The summed E-state index contributed by atoms with van der Waals surface area (Å²) in [6.45, 7) is 4.74. The quantitative estimate of drug-likeness (QED) is 0.159. The van der Waals surface area contributed by atoms with E-state index in [0.29, 0.717) is 0 Å². The lowest BCUT2D eigenvalue weighted by Crippen LogP contribution is -2.14. The van der Waals surface area contributed by atoms with Crippen LogP contribution < -0.4 is 0 Å². The number of rotatable bonds is 4. The molecule has 12 rings (SSSR count). The highest BCUT2D eigenvalue weighted by Crippen LogP contribution is 2.50. The zero-order valence-corrected chi connectivity index (χ0v) is 32.5. The molecule has 11 aromatic rings. The molecule has 0 saturated heterocycles. The van der Waals surface area contributed by atoms with Crippen molar-refractivity contribution in [2.45, 2.75) is 19.3 Å². The minimum Gasteiger partial charge on any atom is -0.309 e. The lowest BCUT2D eigenvalue weighted by Gasteiger charge is -2.22. The summed E-state index contributed by atoms with van der Waals surface area (Å²) in [5, 5.41) is 10.3. The number of nitrogens with zero attached hydrogens (tertiary/aromatic N) is 1. The number of benzene rings is 10. The van der Waals surface area contributed by atoms with E-state index in [4.69, 9.17) is 0 Å². The van der Waals surface area contributed by atoms with E-state index in [2.05, 4.69) is 219 Å². The van der Waals surface area contributed by atoms with E-state index < -0.39 is 0 Å². The van der Waals surface area contributed by atoms with E-state index in [-0.39, 0.29) is 5.41 Å². The minimum absolute atomic E-state index is 0.0829. The maximum absolute atomic E-state index is 2.45. The fourth-order valence-corrected chi connectivity index (χ4v) is 10.1. The number of para-hydroxylation sites is 2. The maximum Gasteiger partial charge on any atom is 0.0547 e. The molecule has 0 radical (unpaired) electrons. The van der Waals surface area contributed by atoms with Crippen LogP contribution in [-0.2, 0) is 5.41 Å². The van der Waals surface area contributed by atoms with Gasteiger partial charge in [0.25, 0.3) is 0 Å². The monoisotopic (exact) mass is 737 g/mol. The lowest BCUT2D eigenvalue weighted by atomic mass is 9.81. The fraction of sp³-hybridized carbons (Fsp3) is 0.0526.